The molecule has 0 spiro atoms. The highest BCUT2D eigenvalue weighted by Crippen LogP contribution is 2.35. The normalized spacial score (nSPS) is 46.8. The number of epoxide rings is 2. The van der Waals surface area contributed by atoms with Gasteiger partial charge in [-0.15, -0.1) is 0 Å². The van der Waals surface area contributed by atoms with E-state index in [2.05, 4.69) is 0 Å². The van der Waals surface area contributed by atoms with Crippen molar-refractivity contribution in [2.75, 3.05) is 13.2 Å². The predicted octanol–water partition coefficient (Wildman–Crippen LogP) is -1.49. The fourth-order valence-corrected chi connectivity index (χ4v) is 1.09. The minimum absolute atomic E-state index is 0.0437. The third-order valence-electron chi connectivity index (χ3n) is 1.85. The minimum atomic E-state index is -0.728. The van der Waals surface area contributed by atoms with Crippen molar-refractivity contribution < 1.29 is 19.7 Å². The SMILES string of the molecule is OCC(O)C1OC1C1CO1. The summed E-state index contributed by atoms with van der Waals surface area (Å²) in [6.07, 6.45) is -0.681. The van der Waals surface area contributed by atoms with Gasteiger partial charge in [0.05, 0.1) is 13.2 Å². The Morgan fingerprint density at radius 2 is 2.30 bits per heavy atom. The molecule has 4 atom stereocenters. The molecular weight excluding hydrogens is 136 g/mol. The van der Waals surface area contributed by atoms with Gasteiger partial charge in [0.1, 0.15) is 24.4 Å². The lowest BCUT2D eigenvalue weighted by molar-refractivity contribution is 0.0706. The molecule has 0 aromatic heterocycles. The van der Waals surface area contributed by atoms with Gasteiger partial charge in [-0.3, -0.25) is 0 Å². The minimum Gasteiger partial charge on any atom is -0.394 e. The molecule has 2 aliphatic rings. The van der Waals surface area contributed by atoms with Gasteiger partial charge in [-0.1, -0.05) is 0 Å². The lowest BCUT2D eigenvalue weighted by atomic mass is 10.2. The van der Waals surface area contributed by atoms with E-state index in [1.165, 1.54) is 0 Å². The number of hydrogen-bond donors (Lipinski definition) is 2. The van der Waals surface area contributed by atoms with E-state index >= 15 is 0 Å². The van der Waals surface area contributed by atoms with Gasteiger partial charge in [-0.2, -0.15) is 0 Å². The first-order valence-electron chi connectivity index (χ1n) is 3.39. The highest BCUT2D eigenvalue weighted by Gasteiger charge is 2.53. The van der Waals surface area contributed by atoms with E-state index in [1.54, 1.807) is 0 Å². The van der Waals surface area contributed by atoms with Gasteiger partial charge in [-0.25, -0.2) is 0 Å². The Morgan fingerprint density at radius 1 is 1.60 bits per heavy atom. The van der Waals surface area contributed by atoms with E-state index in [-0.39, 0.29) is 24.9 Å². The molecule has 2 saturated heterocycles. The van der Waals surface area contributed by atoms with Crippen molar-refractivity contribution in [3.8, 4) is 0 Å². The van der Waals surface area contributed by atoms with Crippen molar-refractivity contribution in [1.82, 2.24) is 0 Å². The molecule has 4 nitrogen and oxygen atoms in total. The standard InChI is InChI=1S/C6H10O4/c7-1-3(8)5-6(10-5)4-2-9-4/h3-8H,1-2H2. The summed E-state index contributed by atoms with van der Waals surface area (Å²) in [5, 5.41) is 17.5. The molecule has 4 unspecified atom stereocenters. The fraction of sp³-hybridized carbons (Fsp3) is 1.00. The Hall–Kier alpha value is -0.160. The first kappa shape index (κ1) is 6.54. The second-order valence-electron chi connectivity index (χ2n) is 2.69. The van der Waals surface area contributed by atoms with Crippen LogP contribution in [-0.4, -0.2) is 47.8 Å². The van der Waals surface area contributed by atoms with Crippen LogP contribution >= 0.6 is 0 Å². The molecule has 0 bridgehead atoms. The van der Waals surface area contributed by atoms with Gasteiger partial charge in [-0.05, 0) is 0 Å². The van der Waals surface area contributed by atoms with Gasteiger partial charge in [0.25, 0.3) is 0 Å². The van der Waals surface area contributed by atoms with Gasteiger partial charge in [0.2, 0.25) is 0 Å². The third-order valence-corrected chi connectivity index (χ3v) is 1.85. The Kier molecular flexibility index (Phi) is 1.42. The molecule has 2 rings (SSSR count). The Bertz CT molecular complexity index is 134. The summed E-state index contributed by atoms with van der Waals surface area (Å²) < 4.78 is 10.00. The van der Waals surface area contributed by atoms with Gasteiger partial charge < -0.3 is 19.7 Å². The molecule has 0 radical (unpaired) electrons. The van der Waals surface area contributed by atoms with Crippen LogP contribution in [0.3, 0.4) is 0 Å². The zero-order valence-electron chi connectivity index (χ0n) is 5.43. The summed E-state index contributed by atoms with van der Waals surface area (Å²) >= 11 is 0. The summed E-state index contributed by atoms with van der Waals surface area (Å²) in [5.74, 6) is 0. The Balaban J connectivity index is 1.77. The fourth-order valence-electron chi connectivity index (χ4n) is 1.09. The third kappa shape index (κ3) is 1.03. The van der Waals surface area contributed by atoms with Crippen molar-refractivity contribution in [1.29, 1.82) is 0 Å². The number of rotatable bonds is 3. The van der Waals surface area contributed by atoms with E-state index < -0.39 is 6.10 Å². The molecule has 58 valence electrons. The van der Waals surface area contributed by atoms with Gasteiger partial charge in [0, 0.05) is 0 Å². The molecule has 0 aromatic rings. The average Bonchev–Trinajstić information content (AvgIpc) is 2.74. The maximum absolute atomic E-state index is 9.01. The highest BCUT2D eigenvalue weighted by molar-refractivity contribution is 4.99. The van der Waals surface area contributed by atoms with Crippen molar-refractivity contribution in [2.45, 2.75) is 24.4 Å². The predicted molar refractivity (Wildman–Crippen MR) is 31.5 cm³/mol. The largest absolute Gasteiger partial charge is 0.394 e. The van der Waals surface area contributed by atoms with Crippen LogP contribution in [0.2, 0.25) is 0 Å². The molecule has 10 heavy (non-hydrogen) atoms. The van der Waals surface area contributed by atoms with E-state index in [0.29, 0.717) is 0 Å². The smallest absolute Gasteiger partial charge is 0.115 e. The van der Waals surface area contributed by atoms with Crippen molar-refractivity contribution in [2.24, 2.45) is 0 Å². The average molecular weight is 146 g/mol. The molecule has 2 heterocycles. The van der Waals surface area contributed by atoms with Crippen LogP contribution in [0.15, 0.2) is 0 Å². The van der Waals surface area contributed by atoms with Gasteiger partial charge in [0.15, 0.2) is 0 Å². The van der Waals surface area contributed by atoms with Crippen molar-refractivity contribution >= 4 is 0 Å². The first-order chi connectivity index (χ1) is 4.83. The number of aliphatic hydroxyl groups excluding tert-OH is 2. The molecule has 0 aliphatic carbocycles. The summed E-state index contributed by atoms with van der Waals surface area (Å²) in [6.45, 7) is 0.507. The maximum Gasteiger partial charge on any atom is 0.115 e. The zero-order valence-corrected chi connectivity index (χ0v) is 5.43. The molecule has 2 fully saturated rings. The number of aliphatic hydroxyl groups is 2. The van der Waals surface area contributed by atoms with Crippen molar-refractivity contribution in [3.63, 3.8) is 0 Å². The van der Waals surface area contributed by atoms with Crippen molar-refractivity contribution in [3.05, 3.63) is 0 Å². The second kappa shape index (κ2) is 2.17. The van der Waals surface area contributed by atoms with Crippen LogP contribution in [0.4, 0.5) is 0 Å². The lowest BCUT2D eigenvalue weighted by Crippen LogP contribution is -2.22. The molecule has 0 amide bonds. The number of ether oxygens (including phenoxy) is 2. The summed E-state index contributed by atoms with van der Waals surface area (Å²) in [6, 6.07) is 0. The van der Waals surface area contributed by atoms with Crippen LogP contribution in [0.25, 0.3) is 0 Å². The first-order valence-corrected chi connectivity index (χ1v) is 3.39. The number of hydrogen-bond acceptors (Lipinski definition) is 4. The van der Waals surface area contributed by atoms with Crippen LogP contribution in [0.1, 0.15) is 0 Å². The van der Waals surface area contributed by atoms with E-state index in [4.69, 9.17) is 19.7 Å². The molecular formula is C6H10O4. The quantitative estimate of drug-likeness (QED) is 0.476. The summed E-state index contributed by atoms with van der Waals surface area (Å²) in [7, 11) is 0. The van der Waals surface area contributed by atoms with E-state index in [9.17, 15) is 0 Å². The van der Waals surface area contributed by atoms with E-state index in [0.717, 1.165) is 6.61 Å². The summed E-state index contributed by atoms with van der Waals surface area (Å²) in [5.41, 5.74) is 0. The summed E-state index contributed by atoms with van der Waals surface area (Å²) in [4.78, 5) is 0. The molecule has 0 aromatic carbocycles. The molecule has 4 heteroatoms. The Morgan fingerprint density at radius 3 is 2.80 bits per heavy atom. The van der Waals surface area contributed by atoms with E-state index in [1.807, 2.05) is 0 Å². The zero-order chi connectivity index (χ0) is 7.14. The van der Waals surface area contributed by atoms with Crippen LogP contribution < -0.4 is 0 Å². The topological polar surface area (TPSA) is 65.5 Å². The second-order valence-corrected chi connectivity index (χ2v) is 2.69. The molecule has 2 aliphatic heterocycles. The highest BCUT2D eigenvalue weighted by atomic mass is 16.7. The monoisotopic (exact) mass is 146 g/mol. The van der Waals surface area contributed by atoms with Crippen LogP contribution in [0, 0.1) is 0 Å². The molecule has 0 saturated carbocycles. The lowest BCUT2D eigenvalue weighted by Gasteiger charge is -1.99. The molecule has 2 N–H and O–H groups in total. The maximum atomic E-state index is 9.01. The Labute approximate surface area is 58.4 Å². The van der Waals surface area contributed by atoms with Gasteiger partial charge >= 0.3 is 0 Å². The van der Waals surface area contributed by atoms with Crippen LogP contribution in [0.5, 0.6) is 0 Å². The van der Waals surface area contributed by atoms with Crippen LogP contribution in [-0.2, 0) is 9.47 Å².